The number of hydrogen-bond donors (Lipinski definition) is 1. The molecule has 0 aliphatic rings. The first-order chi connectivity index (χ1) is 8.52. The van der Waals surface area contributed by atoms with Gasteiger partial charge in [0, 0.05) is 12.0 Å². The number of aryl methyl sites for hydroxylation is 1. The summed E-state index contributed by atoms with van der Waals surface area (Å²) in [7, 11) is 0. The van der Waals surface area contributed by atoms with Crippen molar-refractivity contribution in [2.45, 2.75) is 19.4 Å². The van der Waals surface area contributed by atoms with E-state index in [1.807, 2.05) is 6.92 Å². The molecule has 0 spiro atoms. The van der Waals surface area contributed by atoms with Gasteiger partial charge in [0.1, 0.15) is 23.2 Å². The number of hydrogen-bond acceptors (Lipinski definition) is 2. The fourth-order valence-electron chi connectivity index (χ4n) is 1.68. The van der Waals surface area contributed by atoms with E-state index in [0.29, 0.717) is 5.76 Å². The molecule has 1 unspecified atom stereocenters. The predicted octanol–water partition coefficient (Wildman–Crippen LogP) is 3.93. The summed E-state index contributed by atoms with van der Waals surface area (Å²) >= 11 is 2.92. The summed E-state index contributed by atoms with van der Waals surface area (Å²) in [5.41, 5.74) is 5.96. The third-order valence-electron chi connectivity index (χ3n) is 2.71. The number of nitrogens with two attached hydrogens (primary N) is 1. The van der Waals surface area contributed by atoms with Crippen molar-refractivity contribution in [2.24, 2.45) is 5.73 Å². The van der Waals surface area contributed by atoms with Gasteiger partial charge in [-0.3, -0.25) is 0 Å². The molecule has 0 saturated heterocycles. The Balaban J connectivity index is 2.39. The Morgan fingerprint density at radius 2 is 2.00 bits per heavy atom. The van der Waals surface area contributed by atoms with Crippen molar-refractivity contribution in [3.05, 3.63) is 57.5 Å². The smallest absolute Gasteiger partial charge is 0.137 e. The van der Waals surface area contributed by atoms with E-state index in [0.717, 1.165) is 24.3 Å². The molecule has 0 fully saturated rings. The van der Waals surface area contributed by atoms with Gasteiger partial charge < -0.3 is 10.2 Å². The van der Waals surface area contributed by atoms with Crippen LogP contribution < -0.4 is 5.73 Å². The monoisotopic (exact) mass is 315 g/mol. The summed E-state index contributed by atoms with van der Waals surface area (Å²) in [5, 5.41) is 0. The minimum Gasteiger partial charge on any atom is -0.464 e. The van der Waals surface area contributed by atoms with E-state index in [4.69, 9.17) is 10.2 Å². The molecule has 0 saturated carbocycles. The van der Waals surface area contributed by atoms with E-state index in [1.54, 1.807) is 12.1 Å². The molecule has 0 bridgehead atoms. The van der Waals surface area contributed by atoms with Crippen LogP contribution in [0.2, 0.25) is 0 Å². The van der Waals surface area contributed by atoms with Crippen LogP contribution in [0.3, 0.4) is 0 Å². The zero-order valence-electron chi connectivity index (χ0n) is 9.71. The van der Waals surface area contributed by atoms with Gasteiger partial charge in [-0.2, -0.15) is 0 Å². The highest BCUT2D eigenvalue weighted by atomic mass is 79.9. The lowest BCUT2D eigenvalue weighted by molar-refractivity contribution is 0.447. The van der Waals surface area contributed by atoms with Crippen LogP contribution in [-0.2, 0) is 6.42 Å². The first-order valence-electron chi connectivity index (χ1n) is 5.51. The summed E-state index contributed by atoms with van der Waals surface area (Å²) in [5.74, 6) is 0.0697. The zero-order chi connectivity index (χ0) is 13.3. The van der Waals surface area contributed by atoms with E-state index in [-0.39, 0.29) is 10.0 Å². The highest BCUT2D eigenvalue weighted by Gasteiger charge is 2.19. The maximum atomic E-state index is 13.7. The van der Waals surface area contributed by atoms with E-state index in [9.17, 15) is 8.78 Å². The average molecular weight is 316 g/mol. The topological polar surface area (TPSA) is 39.2 Å². The Morgan fingerprint density at radius 3 is 2.61 bits per heavy atom. The van der Waals surface area contributed by atoms with Crippen LogP contribution in [0.5, 0.6) is 0 Å². The van der Waals surface area contributed by atoms with Crippen LogP contribution in [0, 0.1) is 11.6 Å². The lowest BCUT2D eigenvalue weighted by atomic mass is 10.0. The molecule has 2 aromatic rings. The van der Waals surface area contributed by atoms with Crippen LogP contribution in [0.4, 0.5) is 8.78 Å². The molecule has 2 N–H and O–H groups in total. The van der Waals surface area contributed by atoms with Crippen molar-refractivity contribution >= 4 is 15.9 Å². The Labute approximate surface area is 112 Å². The molecule has 0 radical (unpaired) electrons. The predicted molar refractivity (Wildman–Crippen MR) is 68.2 cm³/mol. The molecule has 1 aromatic carbocycles. The Morgan fingerprint density at radius 1 is 1.28 bits per heavy atom. The Bertz CT molecular complexity index is 568. The molecule has 1 aromatic heterocycles. The van der Waals surface area contributed by atoms with Crippen molar-refractivity contribution < 1.29 is 13.2 Å². The molecule has 0 amide bonds. The zero-order valence-corrected chi connectivity index (χ0v) is 11.3. The van der Waals surface area contributed by atoms with Gasteiger partial charge in [-0.05, 0) is 40.2 Å². The molecule has 96 valence electrons. The summed E-state index contributed by atoms with van der Waals surface area (Å²) in [6.45, 7) is 1.94. The van der Waals surface area contributed by atoms with E-state index in [1.165, 1.54) is 0 Å². The first-order valence-corrected chi connectivity index (χ1v) is 6.30. The summed E-state index contributed by atoms with van der Waals surface area (Å²) < 4.78 is 32.7. The fourth-order valence-corrected chi connectivity index (χ4v) is 2.00. The molecule has 1 heterocycles. The third kappa shape index (κ3) is 2.47. The second kappa shape index (κ2) is 5.20. The molecule has 18 heavy (non-hydrogen) atoms. The van der Waals surface area contributed by atoms with Gasteiger partial charge in [0.15, 0.2) is 0 Å². The second-order valence-corrected chi connectivity index (χ2v) is 4.78. The van der Waals surface area contributed by atoms with Crippen molar-refractivity contribution in [1.29, 1.82) is 0 Å². The molecular weight excluding hydrogens is 304 g/mol. The molecule has 2 nitrogen and oxygen atoms in total. The minimum atomic E-state index is -0.812. The standard InChI is InChI=1S/C13H12BrF2NO/c1-2-7-3-4-12(18-7)13(17)8-5-11(16)9(14)6-10(8)15/h3-6,13H,2,17H2,1H3. The summed E-state index contributed by atoms with van der Waals surface area (Å²) in [6.07, 6.45) is 0.726. The quantitative estimate of drug-likeness (QED) is 0.872. The molecule has 0 aliphatic carbocycles. The molecule has 1 atom stereocenters. The largest absolute Gasteiger partial charge is 0.464 e. The molecule has 5 heteroatoms. The number of benzene rings is 1. The van der Waals surface area contributed by atoms with Crippen LogP contribution in [0.15, 0.2) is 33.2 Å². The highest BCUT2D eigenvalue weighted by molar-refractivity contribution is 9.10. The van der Waals surface area contributed by atoms with Gasteiger partial charge in [0.05, 0.1) is 10.5 Å². The normalized spacial score (nSPS) is 12.7. The van der Waals surface area contributed by atoms with E-state index in [2.05, 4.69) is 15.9 Å². The molecule has 2 rings (SSSR count). The van der Waals surface area contributed by atoms with Gasteiger partial charge in [-0.15, -0.1) is 0 Å². The SMILES string of the molecule is CCc1ccc(C(N)c2cc(F)c(Br)cc2F)o1. The lowest BCUT2D eigenvalue weighted by Gasteiger charge is -2.11. The first kappa shape index (κ1) is 13.2. The van der Waals surface area contributed by atoms with Gasteiger partial charge in [0.2, 0.25) is 0 Å². The van der Waals surface area contributed by atoms with Gasteiger partial charge in [-0.25, -0.2) is 8.78 Å². The third-order valence-corrected chi connectivity index (χ3v) is 3.32. The Hall–Kier alpha value is -1.20. The van der Waals surface area contributed by atoms with Gasteiger partial charge in [-0.1, -0.05) is 6.92 Å². The second-order valence-electron chi connectivity index (χ2n) is 3.92. The van der Waals surface area contributed by atoms with Crippen LogP contribution >= 0.6 is 15.9 Å². The van der Waals surface area contributed by atoms with Crippen LogP contribution in [0.25, 0.3) is 0 Å². The van der Waals surface area contributed by atoms with Crippen molar-refractivity contribution in [3.8, 4) is 0 Å². The number of halogens is 3. The molecular formula is C13H12BrF2NO. The Kier molecular flexibility index (Phi) is 3.82. The van der Waals surface area contributed by atoms with E-state index >= 15 is 0 Å². The fraction of sp³-hybridized carbons (Fsp3) is 0.231. The summed E-state index contributed by atoms with van der Waals surface area (Å²) in [6, 6.07) is 4.80. The maximum absolute atomic E-state index is 13.7. The highest BCUT2D eigenvalue weighted by Crippen LogP contribution is 2.28. The number of furan rings is 1. The van der Waals surface area contributed by atoms with Crippen molar-refractivity contribution in [2.75, 3.05) is 0 Å². The lowest BCUT2D eigenvalue weighted by Crippen LogP contribution is -2.13. The van der Waals surface area contributed by atoms with Gasteiger partial charge >= 0.3 is 0 Å². The number of rotatable bonds is 3. The maximum Gasteiger partial charge on any atom is 0.137 e. The van der Waals surface area contributed by atoms with Gasteiger partial charge in [0.25, 0.3) is 0 Å². The van der Waals surface area contributed by atoms with E-state index < -0.39 is 17.7 Å². The average Bonchev–Trinajstić information content (AvgIpc) is 2.81. The molecule has 0 aliphatic heterocycles. The van der Waals surface area contributed by atoms with Crippen molar-refractivity contribution in [1.82, 2.24) is 0 Å². The van der Waals surface area contributed by atoms with Crippen LogP contribution in [0.1, 0.15) is 30.0 Å². The van der Waals surface area contributed by atoms with Crippen molar-refractivity contribution in [3.63, 3.8) is 0 Å². The van der Waals surface area contributed by atoms with Crippen LogP contribution in [-0.4, -0.2) is 0 Å². The summed E-state index contributed by atoms with van der Waals surface area (Å²) in [4.78, 5) is 0. The minimum absolute atomic E-state index is 0.0737.